The summed E-state index contributed by atoms with van der Waals surface area (Å²) in [7, 11) is 0. The summed E-state index contributed by atoms with van der Waals surface area (Å²) in [5.41, 5.74) is 3.74. The molecule has 3 aliphatic carbocycles. The van der Waals surface area contributed by atoms with Gasteiger partial charge in [-0.2, -0.15) is 0 Å². The van der Waals surface area contributed by atoms with Crippen molar-refractivity contribution in [2.75, 3.05) is 21.9 Å². The zero-order valence-corrected chi connectivity index (χ0v) is 21.0. The van der Waals surface area contributed by atoms with Crippen molar-refractivity contribution < 1.29 is 4.79 Å². The summed E-state index contributed by atoms with van der Waals surface area (Å²) < 4.78 is 3.40. The zero-order valence-electron chi connectivity index (χ0n) is 18.9. The molecule has 2 nitrogen and oxygen atoms in total. The summed E-state index contributed by atoms with van der Waals surface area (Å²) in [6.07, 6.45) is 23.6. The molecule has 2 heterocycles. The zero-order chi connectivity index (χ0) is 20.6. The van der Waals surface area contributed by atoms with E-state index in [1.807, 2.05) is 0 Å². The molecule has 30 heavy (non-hydrogen) atoms. The number of fused-ring (bicyclic) bond motifs is 1. The van der Waals surface area contributed by atoms with Crippen LogP contribution < -0.4 is 0 Å². The number of piperidine rings is 1. The molecule has 3 fully saturated rings. The first kappa shape index (κ1) is 21.4. The molecule has 1 saturated carbocycles. The standard InChI is InChI=1S/C27H40INO/c1-21-6-5-7-22-10-11-23(26(21)22)20-25(30)28-16-12-27(13-17-28)14-18-29(19-15-27)24-8-3-2-4-9-24/h2-3,5-6,22-24H,4,7-20H2,1H3/t22?,23?,24-/m1/s1. The maximum atomic E-state index is 13.3. The van der Waals surface area contributed by atoms with Gasteiger partial charge < -0.3 is 0 Å². The van der Waals surface area contributed by atoms with Gasteiger partial charge in [0.15, 0.2) is 0 Å². The molecular formula is C27H40INO. The summed E-state index contributed by atoms with van der Waals surface area (Å²) >= 11 is -1.39. The van der Waals surface area contributed by atoms with Crippen molar-refractivity contribution in [1.29, 1.82) is 0 Å². The maximum absolute atomic E-state index is 13.3. The molecule has 0 N–H and O–H groups in total. The number of alkyl halides is 2. The Bertz CT molecular complexity index is 732. The first-order valence-electron chi connectivity index (χ1n) is 12.5. The molecule has 5 rings (SSSR count). The Hall–Kier alpha value is -0.420. The molecule has 0 radical (unpaired) electrons. The fourth-order valence-electron chi connectivity index (χ4n) is 6.99. The van der Waals surface area contributed by atoms with Gasteiger partial charge in [-0.1, -0.05) is 0 Å². The van der Waals surface area contributed by atoms with Gasteiger partial charge in [-0.25, -0.2) is 0 Å². The molecule has 0 aromatic heterocycles. The van der Waals surface area contributed by atoms with Gasteiger partial charge in [0.1, 0.15) is 0 Å². The van der Waals surface area contributed by atoms with Crippen molar-refractivity contribution in [3.05, 3.63) is 35.5 Å². The second-order valence-corrected chi connectivity index (χ2v) is 16.6. The van der Waals surface area contributed by atoms with Crippen LogP contribution in [0.3, 0.4) is 0 Å². The predicted octanol–water partition coefficient (Wildman–Crippen LogP) is 6.70. The van der Waals surface area contributed by atoms with Gasteiger partial charge in [0.2, 0.25) is 0 Å². The van der Waals surface area contributed by atoms with Crippen LogP contribution in [0.5, 0.6) is 0 Å². The van der Waals surface area contributed by atoms with E-state index in [4.69, 9.17) is 0 Å². The third-order valence-electron chi connectivity index (χ3n) is 9.01. The molecular weight excluding hydrogens is 481 g/mol. The minimum atomic E-state index is -1.39. The molecule has 2 unspecified atom stereocenters. The number of likely N-dealkylation sites (tertiary alicyclic amines) is 1. The Kier molecular flexibility index (Phi) is 6.58. The van der Waals surface area contributed by atoms with Gasteiger partial charge in [-0.05, 0) is 0 Å². The van der Waals surface area contributed by atoms with E-state index in [1.165, 1.54) is 91.7 Å². The fourth-order valence-corrected chi connectivity index (χ4v) is 13.5. The first-order valence-corrected chi connectivity index (χ1v) is 16.7. The number of hydrogen-bond donors (Lipinski definition) is 0. The van der Waals surface area contributed by atoms with Gasteiger partial charge in [-0.3, -0.25) is 0 Å². The Morgan fingerprint density at radius 3 is 2.57 bits per heavy atom. The Morgan fingerprint density at radius 2 is 1.83 bits per heavy atom. The van der Waals surface area contributed by atoms with E-state index in [9.17, 15) is 4.79 Å². The number of nitrogens with zero attached hydrogens (tertiary/aromatic N) is 1. The molecule has 1 spiro atoms. The Morgan fingerprint density at radius 1 is 1.03 bits per heavy atom. The van der Waals surface area contributed by atoms with Crippen molar-refractivity contribution in [3.8, 4) is 0 Å². The third kappa shape index (κ3) is 4.40. The molecule has 2 saturated heterocycles. The SMILES string of the molecule is CC1=C2C(CC=C1)CCC2CC(=O)I1CCC2(CCN([C@@H]3CC=CCC3)CC2)CC1. The van der Waals surface area contributed by atoms with Gasteiger partial charge in [0.25, 0.3) is 0 Å². The Balaban J connectivity index is 1.12. The number of rotatable bonds is 4. The van der Waals surface area contributed by atoms with Gasteiger partial charge in [0, 0.05) is 0 Å². The summed E-state index contributed by atoms with van der Waals surface area (Å²) in [4.78, 5) is 16.1. The summed E-state index contributed by atoms with van der Waals surface area (Å²) in [6, 6.07) is 0.809. The molecule has 0 aromatic rings. The van der Waals surface area contributed by atoms with Gasteiger partial charge >= 0.3 is 192 Å². The fraction of sp³-hybridized carbons (Fsp3) is 0.741. The average Bonchev–Trinajstić information content (AvgIpc) is 3.19. The molecule has 3 heteroatoms. The van der Waals surface area contributed by atoms with Crippen molar-refractivity contribution in [1.82, 2.24) is 4.90 Å². The van der Waals surface area contributed by atoms with Crippen LogP contribution in [-0.4, -0.2) is 36.7 Å². The van der Waals surface area contributed by atoms with E-state index in [-0.39, 0.29) is 0 Å². The van der Waals surface area contributed by atoms with E-state index in [0.29, 0.717) is 11.3 Å². The Labute approximate surface area is 191 Å². The van der Waals surface area contributed by atoms with E-state index >= 15 is 0 Å². The van der Waals surface area contributed by atoms with Crippen molar-refractivity contribution in [2.24, 2.45) is 17.3 Å². The van der Waals surface area contributed by atoms with Gasteiger partial charge in [0.05, 0.1) is 0 Å². The van der Waals surface area contributed by atoms with Crippen molar-refractivity contribution in [3.63, 3.8) is 0 Å². The van der Waals surface area contributed by atoms with E-state index in [1.54, 1.807) is 5.57 Å². The minimum absolute atomic E-state index is 0.591. The summed E-state index contributed by atoms with van der Waals surface area (Å²) in [5.74, 6) is 1.35. The van der Waals surface area contributed by atoms with Crippen molar-refractivity contribution in [2.45, 2.75) is 83.6 Å². The van der Waals surface area contributed by atoms with E-state index in [0.717, 1.165) is 22.2 Å². The summed E-state index contributed by atoms with van der Waals surface area (Å²) in [6.45, 7) is 4.90. The second-order valence-electron chi connectivity index (χ2n) is 10.6. The predicted molar refractivity (Wildman–Crippen MR) is 135 cm³/mol. The van der Waals surface area contributed by atoms with E-state index < -0.39 is 19.8 Å². The molecule has 0 aromatic carbocycles. The molecule has 2 aliphatic heterocycles. The van der Waals surface area contributed by atoms with Crippen LogP contribution in [0.1, 0.15) is 77.6 Å². The van der Waals surface area contributed by atoms with Crippen LogP contribution in [0.25, 0.3) is 0 Å². The molecule has 166 valence electrons. The molecule has 5 aliphatic rings. The second kappa shape index (κ2) is 9.21. The van der Waals surface area contributed by atoms with E-state index in [2.05, 4.69) is 36.1 Å². The van der Waals surface area contributed by atoms with Gasteiger partial charge in [-0.15, -0.1) is 0 Å². The average molecular weight is 522 g/mol. The summed E-state index contributed by atoms with van der Waals surface area (Å²) in [5, 5.41) is 0. The normalized spacial score (nSPS) is 35.1. The van der Waals surface area contributed by atoms with Crippen LogP contribution >= 0.6 is 19.8 Å². The third-order valence-corrected chi connectivity index (χ3v) is 14.8. The van der Waals surface area contributed by atoms with Crippen LogP contribution in [0.15, 0.2) is 35.5 Å². The first-order chi connectivity index (χ1) is 14.6. The molecule has 0 amide bonds. The number of allylic oxidation sites excluding steroid dienone is 5. The van der Waals surface area contributed by atoms with Crippen LogP contribution in [-0.2, 0) is 4.79 Å². The number of halogens is 1. The van der Waals surface area contributed by atoms with Crippen LogP contribution in [0.4, 0.5) is 0 Å². The quantitative estimate of drug-likeness (QED) is 0.178. The number of carbonyl (C=O) groups is 1. The number of carbonyl (C=O) groups excluding carboxylic acids is 1. The van der Waals surface area contributed by atoms with Crippen LogP contribution in [0.2, 0.25) is 0 Å². The topological polar surface area (TPSA) is 20.3 Å². The number of hydrogen-bond acceptors (Lipinski definition) is 2. The molecule has 0 bridgehead atoms. The molecule has 3 atom stereocenters. The monoisotopic (exact) mass is 521 g/mol. The van der Waals surface area contributed by atoms with Crippen molar-refractivity contribution >= 4 is 23.6 Å². The van der Waals surface area contributed by atoms with Crippen LogP contribution in [0, 0.1) is 17.3 Å².